The number of nitrogens with one attached hydrogen (secondary N) is 1. The van der Waals surface area contributed by atoms with Gasteiger partial charge in [-0.1, -0.05) is 55.8 Å². The van der Waals surface area contributed by atoms with Gasteiger partial charge in [-0.25, -0.2) is 0 Å². The normalized spacial score (nSPS) is 13.2. The zero-order valence-corrected chi connectivity index (χ0v) is 22.4. The second-order valence-electron chi connectivity index (χ2n) is 8.78. The molecule has 0 aliphatic carbocycles. The molecule has 0 amide bonds. The highest BCUT2D eigenvalue weighted by atomic mass is 16.5. The third-order valence-electron chi connectivity index (χ3n) is 6.06. The van der Waals surface area contributed by atoms with Crippen LogP contribution in [0.3, 0.4) is 0 Å². The predicted octanol–water partition coefficient (Wildman–Crippen LogP) is 6.79. The monoisotopic (exact) mass is 488 g/mol. The Kier molecular flexibility index (Phi) is 10.6. The molecule has 4 rings (SSSR count). The van der Waals surface area contributed by atoms with Crippen molar-refractivity contribution in [1.29, 1.82) is 0 Å². The molecule has 1 aliphatic rings. The van der Waals surface area contributed by atoms with Crippen molar-refractivity contribution in [2.45, 2.75) is 53.4 Å². The van der Waals surface area contributed by atoms with E-state index in [2.05, 4.69) is 63.7 Å². The lowest BCUT2D eigenvalue weighted by atomic mass is 10.1. The Bertz CT molecular complexity index is 1120. The van der Waals surface area contributed by atoms with Crippen LogP contribution in [0.15, 0.2) is 59.7 Å². The predicted molar refractivity (Wildman–Crippen MR) is 151 cm³/mol. The van der Waals surface area contributed by atoms with Crippen molar-refractivity contribution in [3.63, 3.8) is 0 Å². The van der Waals surface area contributed by atoms with Crippen LogP contribution in [0.1, 0.15) is 55.4 Å². The van der Waals surface area contributed by atoms with Gasteiger partial charge in [0, 0.05) is 37.3 Å². The Morgan fingerprint density at radius 2 is 1.81 bits per heavy atom. The summed E-state index contributed by atoms with van der Waals surface area (Å²) < 4.78 is 11.5. The van der Waals surface area contributed by atoms with Crippen LogP contribution in [0.25, 0.3) is 0 Å². The van der Waals surface area contributed by atoms with Crippen molar-refractivity contribution in [3.8, 4) is 11.6 Å². The molecular formula is C30H40N4O2. The minimum atomic E-state index is 0.536. The molecule has 2 aromatic carbocycles. The van der Waals surface area contributed by atoms with Crippen LogP contribution < -0.4 is 19.8 Å². The number of aryl methyl sites for hydroxylation is 2. The molecule has 36 heavy (non-hydrogen) atoms. The summed E-state index contributed by atoms with van der Waals surface area (Å²) in [6.07, 6.45) is 6.30. The van der Waals surface area contributed by atoms with Crippen LogP contribution in [-0.2, 0) is 6.42 Å². The summed E-state index contributed by atoms with van der Waals surface area (Å²) in [6.45, 7) is 10.8. The summed E-state index contributed by atoms with van der Waals surface area (Å²) in [4.78, 5) is 7.06. The van der Waals surface area contributed by atoms with Crippen molar-refractivity contribution < 1.29 is 9.47 Å². The van der Waals surface area contributed by atoms with Gasteiger partial charge in [-0.3, -0.25) is 5.43 Å². The van der Waals surface area contributed by atoms with Crippen LogP contribution in [0.4, 0.5) is 11.5 Å². The number of rotatable bonds is 9. The Morgan fingerprint density at radius 1 is 1.00 bits per heavy atom. The lowest BCUT2D eigenvalue weighted by molar-refractivity contribution is 0.309. The molecule has 0 unspecified atom stereocenters. The van der Waals surface area contributed by atoms with E-state index in [-0.39, 0.29) is 0 Å². The number of hydrogen-bond donors (Lipinski definition) is 1. The Labute approximate surface area is 216 Å². The van der Waals surface area contributed by atoms with Crippen LogP contribution in [0, 0.1) is 13.8 Å². The fourth-order valence-corrected chi connectivity index (χ4v) is 4.17. The number of nitrogens with zero attached hydrogens (tertiary/aromatic N) is 3. The van der Waals surface area contributed by atoms with Gasteiger partial charge in [0.25, 0.3) is 0 Å². The third kappa shape index (κ3) is 8.01. The molecule has 1 aromatic heterocycles. The SMILES string of the molecule is CC.COc1cc(CCOc2cc(N3CCCCC3)cc(N/N=C/c3cccc(C)c3)n2)ccc1C. The summed E-state index contributed by atoms with van der Waals surface area (Å²) in [5.41, 5.74) is 8.77. The first-order valence-corrected chi connectivity index (χ1v) is 13.0. The van der Waals surface area contributed by atoms with Gasteiger partial charge < -0.3 is 14.4 Å². The van der Waals surface area contributed by atoms with E-state index in [9.17, 15) is 0 Å². The number of aromatic nitrogens is 1. The second kappa shape index (κ2) is 14.1. The zero-order chi connectivity index (χ0) is 25.8. The van der Waals surface area contributed by atoms with Crippen LogP contribution >= 0.6 is 0 Å². The molecule has 0 saturated carbocycles. The topological polar surface area (TPSA) is 59.0 Å². The van der Waals surface area contributed by atoms with Gasteiger partial charge in [0.1, 0.15) is 5.75 Å². The second-order valence-corrected chi connectivity index (χ2v) is 8.78. The first-order chi connectivity index (χ1) is 17.6. The lowest BCUT2D eigenvalue weighted by Crippen LogP contribution is -2.29. The smallest absolute Gasteiger partial charge is 0.217 e. The Hall–Kier alpha value is -3.54. The largest absolute Gasteiger partial charge is 0.496 e. The highest BCUT2D eigenvalue weighted by Gasteiger charge is 2.14. The molecule has 0 spiro atoms. The van der Waals surface area contributed by atoms with Crippen LogP contribution in [0.5, 0.6) is 11.6 Å². The maximum atomic E-state index is 6.10. The van der Waals surface area contributed by atoms with Crippen LogP contribution in [-0.4, -0.2) is 38.0 Å². The summed E-state index contributed by atoms with van der Waals surface area (Å²) in [5.74, 6) is 2.19. The summed E-state index contributed by atoms with van der Waals surface area (Å²) in [7, 11) is 1.70. The van der Waals surface area contributed by atoms with Crippen molar-refractivity contribution >= 4 is 17.7 Å². The number of ether oxygens (including phenoxy) is 2. The minimum Gasteiger partial charge on any atom is -0.496 e. The lowest BCUT2D eigenvalue weighted by Gasteiger charge is -2.29. The number of piperidine rings is 1. The van der Waals surface area contributed by atoms with Crippen molar-refractivity contribution in [3.05, 3.63) is 76.9 Å². The molecule has 6 nitrogen and oxygen atoms in total. The van der Waals surface area contributed by atoms with Gasteiger partial charge in [-0.15, -0.1) is 0 Å². The maximum Gasteiger partial charge on any atom is 0.217 e. The van der Waals surface area contributed by atoms with E-state index >= 15 is 0 Å². The fourth-order valence-electron chi connectivity index (χ4n) is 4.17. The highest BCUT2D eigenvalue weighted by molar-refractivity contribution is 5.80. The van der Waals surface area contributed by atoms with Gasteiger partial charge in [-0.05, 0) is 55.9 Å². The molecule has 1 aliphatic heterocycles. The van der Waals surface area contributed by atoms with Gasteiger partial charge in [0.2, 0.25) is 5.88 Å². The number of methoxy groups -OCH3 is 1. The number of pyridine rings is 1. The molecule has 0 bridgehead atoms. The molecule has 0 radical (unpaired) electrons. The van der Waals surface area contributed by atoms with Gasteiger partial charge >= 0.3 is 0 Å². The zero-order valence-electron chi connectivity index (χ0n) is 22.4. The molecule has 1 saturated heterocycles. The molecule has 6 heteroatoms. The fraction of sp³-hybridized carbons (Fsp3) is 0.400. The van der Waals surface area contributed by atoms with E-state index in [1.54, 1.807) is 7.11 Å². The standard InChI is InChI=1S/C28H34N4O2.C2H6/c1-21-8-7-9-24(16-21)20-29-31-27-18-25(32-13-5-4-6-14-32)19-28(30-27)34-15-12-23-11-10-22(2)26(17-23)33-3;1-2/h7-11,16-20H,4-6,12-15H2,1-3H3,(H,30,31);1-2H3/b29-20+;. The van der Waals surface area contributed by atoms with E-state index < -0.39 is 0 Å². The van der Waals surface area contributed by atoms with E-state index in [0.29, 0.717) is 18.3 Å². The highest BCUT2D eigenvalue weighted by Crippen LogP contribution is 2.27. The third-order valence-corrected chi connectivity index (χ3v) is 6.06. The first-order valence-electron chi connectivity index (χ1n) is 13.0. The molecule has 2 heterocycles. The van der Waals surface area contributed by atoms with E-state index in [1.807, 2.05) is 45.2 Å². The van der Waals surface area contributed by atoms with Gasteiger partial charge in [0.05, 0.1) is 19.9 Å². The molecule has 1 fully saturated rings. The van der Waals surface area contributed by atoms with Gasteiger partial charge in [0.15, 0.2) is 5.82 Å². The molecule has 192 valence electrons. The molecular weight excluding hydrogens is 448 g/mol. The first kappa shape index (κ1) is 27.1. The average Bonchev–Trinajstić information content (AvgIpc) is 2.91. The van der Waals surface area contributed by atoms with Crippen LogP contribution in [0.2, 0.25) is 0 Å². The summed E-state index contributed by atoms with van der Waals surface area (Å²) >= 11 is 0. The minimum absolute atomic E-state index is 0.536. The number of hydrogen-bond acceptors (Lipinski definition) is 6. The number of hydrazone groups is 1. The summed E-state index contributed by atoms with van der Waals surface area (Å²) in [5, 5.41) is 4.41. The molecule has 0 atom stereocenters. The van der Waals surface area contributed by atoms with Gasteiger partial charge in [-0.2, -0.15) is 10.1 Å². The Morgan fingerprint density at radius 3 is 2.56 bits per heavy atom. The van der Waals surface area contributed by atoms with E-state index in [4.69, 9.17) is 9.47 Å². The molecule has 3 aromatic rings. The quantitative estimate of drug-likeness (QED) is 0.265. The number of anilines is 2. The van der Waals surface area contributed by atoms with E-state index in [0.717, 1.165) is 42.1 Å². The number of benzene rings is 2. The van der Waals surface area contributed by atoms with Crippen molar-refractivity contribution in [1.82, 2.24) is 4.98 Å². The van der Waals surface area contributed by atoms with Crippen molar-refractivity contribution in [2.75, 3.05) is 37.1 Å². The summed E-state index contributed by atoms with van der Waals surface area (Å²) in [6, 6.07) is 18.6. The van der Waals surface area contributed by atoms with Crippen molar-refractivity contribution in [2.24, 2.45) is 5.10 Å². The maximum absolute atomic E-state index is 6.10. The Balaban J connectivity index is 0.00000176. The average molecular weight is 489 g/mol. The van der Waals surface area contributed by atoms with E-state index in [1.165, 1.54) is 30.4 Å². The molecule has 1 N–H and O–H groups in total.